The van der Waals surface area contributed by atoms with E-state index < -0.39 is 20.7 Å². The highest BCUT2D eigenvalue weighted by Crippen LogP contribution is 2.30. The third kappa shape index (κ3) is 4.10. The number of nitrogens with zero attached hydrogens (tertiary/aromatic N) is 3. The third-order valence-electron chi connectivity index (χ3n) is 4.33. The van der Waals surface area contributed by atoms with Gasteiger partial charge >= 0.3 is 0 Å². The van der Waals surface area contributed by atoms with Crippen molar-refractivity contribution in [1.82, 2.24) is 14.8 Å². The predicted molar refractivity (Wildman–Crippen MR) is 106 cm³/mol. The summed E-state index contributed by atoms with van der Waals surface area (Å²) in [5.41, 5.74) is 1.20. The van der Waals surface area contributed by atoms with Gasteiger partial charge < -0.3 is 9.88 Å². The highest BCUT2D eigenvalue weighted by Gasteiger charge is 2.24. The van der Waals surface area contributed by atoms with Gasteiger partial charge in [0.2, 0.25) is 5.91 Å². The van der Waals surface area contributed by atoms with E-state index in [1.54, 1.807) is 35.2 Å². The largest absolute Gasteiger partial charge is 0.326 e. The van der Waals surface area contributed by atoms with Crippen LogP contribution < -0.4 is 10.0 Å². The normalized spacial score (nSPS) is 13.7. The molecule has 0 aliphatic carbocycles. The van der Waals surface area contributed by atoms with Gasteiger partial charge in [0.05, 0.1) is 0 Å². The average molecular weight is 433 g/mol. The third-order valence-corrected chi connectivity index (χ3v) is 6.78. The maximum absolute atomic E-state index is 14.4. The van der Waals surface area contributed by atoms with Crippen LogP contribution in [0.1, 0.15) is 12.0 Å². The summed E-state index contributed by atoms with van der Waals surface area (Å²) >= 11 is 1.38. The molecule has 0 unspecified atom stereocenters. The second-order valence-corrected chi connectivity index (χ2v) is 9.14. The van der Waals surface area contributed by atoms with Crippen molar-refractivity contribution in [2.45, 2.75) is 27.8 Å². The van der Waals surface area contributed by atoms with Crippen molar-refractivity contribution in [2.24, 2.45) is 7.05 Å². The SMILES string of the molecule is Cn1cnnc1Sc1ccc(NS(=O)(=O)c2cc3c(cc2F)NC(=O)CC3)cc1. The van der Waals surface area contributed by atoms with Crippen LogP contribution >= 0.6 is 11.8 Å². The van der Waals surface area contributed by atoms with Crippen LogP contribution in [0.15, 0.2) is 57.7 Å². The first-order valence-electron chi connectivity index (χ1n) is 8.59. The van der Waals surface area contributed by atoms with Crippen LogP contribution in [0.4, 0.5) is 15.8 Å². The van der Waals surface area contributed by atoms with Crippen molar-refractivity contribution in [3.05, 3.63) is 54.1 Å². The van der Waals surface area contributed by atoms with E-state index in [-0.39, 0.29) is 12.3 Å². The molecule has 1 aliphatic heterocycles. The lowest BCUT2D eigenvalue weighted by atomic mass is 10.0. The van der Waals surface area contributed by atoms with Crippen LogP contribution in [-0.4, -0.2) is 29.1 Å². The van der Waals surface area contributed by atoms with E-state index in [2.05, 4.69) is 20.2 Å². The maximum Gasteiger partial charge on any atom is 0.264 e. The van der Waals surface area contributed by atoms with Crippen LogP contribution in [-0.2, 0) is 28.3 Å². The lowest BCUT2D eigenvalue weighted by Crippen LogP contribution is -2.21. The molecule has 0 fully saturated rings. The molecule has 0 spiro atoms. The number of anilines is 2. The second kappa shape index (κ2) is 7.48. The minimum Gasteiger partial charge on any atom is -0.326 e. The van der Waals surface area contributed by atoms with Gasteiger partial charge in [0.1, 0.15) is 17.0 Å². The van der Waals surface area contributed by atoms with Gasteiger partial charge in [-0.2, -0.15) is 0 Å². The molecule has 0 saturated carbocycles. The van der Waals surface area contributed by atoms with Gasteiger partial charge in [-0.25, -0.2) is 12.8 Å². The molecule has 0 bridgehead atoms. The first kappa shape index (κ1) is 19.4. The number of rotatable bonds is 5. The van der Waals surface area contributed by atoms with E-state index in [4.69, 9.17) is 0 Å². The predicted octanol–water partition coefficient (Wildman–Crippen LogP) is 2.79. The summed E-state index contributed by atoms with van der Waals surface area (Å²) in [6.45, 7) is 0. The molecule has 2 aromatic carbocycles. The average Bonchev–Trinajstić information content (AvgIpc) is 3.07. The Morgan fingerprint density at radius 2 is 1.97 bits per heavy atom. The Morgan fingerprint density at radius 1 is 1.21 bits per heavy atom. The molecule has 1 aromatic heterocycles. The Bertz CT molecular complexity index is 1190. The van der Waals surface area contributed by atoms with Crippen molar-refractivity contribution in [2.75, 3.05) is 10.0 Å². The summed E-state index contributed by atoms with van der Waals surface area (Å²) in [5.74, 6) is -1.14. The molecular weight excluding hydrogens is 417 g/mol. The fourth-order valence-electron chi connectivity index (χ4n) is 2.86. The standard InChI is InChI=1S/C18H16FN5O3S2/c1-24-10-20-22-18(24)28-13-5-3-12(4-6-13)23-29(26,27)16-8-11-2-7-17(25)21-15(11)9-14(16)19/h3-6,8-10,23H,2,7H2,1H3,(H,21,25). The number of nitrogens with one attached hydrogen (secondary N) is 2. The number of benzene rings is 2. The number of hydrogen-bond donors (Lipinski definition) is 2. The van der Waals surface area contributed by atoms with E-state index in [9.17, 15) is 17.6 Å². The van der Waals surface area contributed by atoms with E-state index in [1.165, 1.54) is 17.8 Å². The van der Waals surface area contributed by atoms with Crippen molar-refractivity contribution in [3.8, 4) is 0 Å². The van der Waals surface area contributed by atoms with Crippen molar-refractivity contribution >= 4 is 39.1 Å². The summed E-state index contributed by atoms with van der Waals surface area (Å²) in [4.78, 5) is 11.8. The summed E-state index contributed by atoms with van der Waals surface area (Å²) in [7, 11) is -2.31. The zero-order valence-electron chi connectivity index (χ0n) is 15.2. The number of carbonyl (C=O) groups is 1. The Hall–Kier alpha value is -2.92. The van der Waals surface area contributed by atoms with E-state index in [0.717, 1.165) is 11.0 Å². The first-order valence-corrected chi connectivity index (χ1v) is 10.9. The Kier molecular flexibility index (Phi) is 5.01. The molecule has 3 aromatic rings. The number of aromatic nitrogens is 3. The lowest BCUT2D eigenvalue weighted by molar-refractivity contribution is -0.116. The molecule has 2 heterocycles. The van der Waals surface area contributed by atoms with E-state index in [0.29, 0.717) is 28.5 Å². The number of aryl methyl sites for hydroxylation is 2. The molecule has 150 valence electrons. The van der Waals surface area contributed by atoms with E-state index in [1.807, 2.05) is 7.05 Å². The molecule has 2 N–H and O–H groups in total. The molecular formula is C18H16FN5O3S2. The number of halogens is 1. The van der Waals surface area contributed by atoms with Crippen LogP contribution in [0.5, 0.6) is 0 Å². The Balaban J connectivity index is 1.54. The highest BCUT2D eigenvalue weighted by molar-refractivity contribution is 7.99. The van der Waals surface area contributed by atoms with Gasteiger partial charge in [0, 0.05) is 29.7 Å². The number of carbonyl (C=O) groups excluding carboxylic acids is 1. The maximum atomic E-state index is 14.4. The van der Waals surface area contributed by atoms with Gasteiger partial charge in [0.15, 0.2) is 5.16 Å². The van der Waals surface area contributed by atoms with E-state index >= 15 is 0 Å². The number of hydrogen-bond acceptors (Lipinski definition) is 6. The van der Waals surface area contributed by atoms with Gasteiger partial charge in [-0.1, -0.05) is 0 Å². The molecule has 0 radical (unpaired) electrons. The molecule has 1 aliphatic rings. The molecule has 1 amide bonds. The molecule has 29 heavy (non-hydrogen) atoms. The second-order valence-electron chi connectivity index (χ2n) is 6.44. The number of sulfonamides is 1. The summed E-state index contributed by atoms with van der Waals surface area (Å²) in [6.07, 6.45) is 2.18. The first-order chi connectivity index (χ1) is 13.8. The quantitative estimate of drug-likeness (QED) is 0.641. The summed E-state index contributed by atoms with van der Waals surface area (Å²) < 4.78 is 44.0. The van der Waals surface area contributed by atoms with Gasteiger partial charge in [-0.3, -0.25) is 9.52 Å². The zero-order chi connectivity index (χ0) is 20.6. The molecule has 8 nitrogen and oxygen atoms in total. The van der Waals surface area contributed by atoms with Gasteiger partial charge in [-0.05, 0) is 60.1 Å². The fraction of sp³-hybridized carbons (Fsp3) is 0.167. The molecule has 4 rings (SSSR count). The molecule has 0 atom stereocenters. The van der Waals surface area contributed by atoms with Crippen molar-refractivity contribution in [3.63, 3.8) is 0 Å². The topological polar surface area (TPSA) is 106 Å². The number of amides is 1. The molecule has 0 saturated heterocycles. The number of fused-ring (bicyclic) bond motifs is 1. The van der Waals surface area contributed by atoms with Gasteiger partial charge in [-0.15, -0.1) is 10.2 Å². The highest BCUT2D eigenvalue weighted by atomic mass is 32.2. The monoisotopic (exact) mass is 433 g/mol. The fourth-order valence-corrected chi connectivity index (χ4v) is 4.79. The minimum absolute atomic E-state index is 0.218. The van der Waals surface area contributed by atoms with Crippen LogP contribution in [0.2, 0.25) is 0 Å². The zero-order valence-corrected chi connectivity index (χ0v) is 16.8. The smallest absolute Gasteiger partial charge is 0.264 e. The van der Waals surface area contributed by atoms with Crippen LogP contribution in [0.25, 0.3) is 0 Å². The van der Waals surface area contributed by atoms with Crippen LogP contribution in [0.3, 0.4) is 0 Å². The summed E-state index contributed by atoms with van der Waals surface area (Å²) in [5, 5.41) is 11.0. The Labute approximate surface area is 170 Å². The van der Waals surface area contributed by atoms with Crippen molar-refractivity contribution < 1.29 is 17.6 Å². The Morgan fingerprint density at radius 3 is 2.66 bits per heavy atom. The van der Waals surface area contributed by atoms with Crippen LogP contribution in [0, 0.1) is 5.82 Å². The lowest BCUT2D eigenvalue weighted by Gasteiger charge is -2.18. The molecule has 11 heteroatoms. The minimum atomic E-state index is -4.13. The van der Waals surface area contributed by atoms with Crippen molar-refractivity contribution in [1.29, 1.82) is 0 Å². The van der Waals surface area contributed by atoms with Gasteiger partial charge in [0.25, 0.3) is 10.0 Å². The summed E-state index contributed by atoms with van der Waals surface area (Å²) in [6, 6.07) is 8.96.